The molecule has 0 bridgehead atoms. The number of hydrogen-bond donors (Lipinski definition) is 0. The van der Waals surface area contributed by atoms with Crippen molar-refractivity contribution in [3.8, 4) is 0 Å². The maximum absolute atomic E-state index is 5.49. The van der Waals surface area contributed by atoms with Crippen LogP contribution in [0, 0.1) is 0 Å². The molecule has 0 aliphatic rings. The lowest BCUT2D eigenvalue weighted by Crippen LogP contribution is -2.50. The van der Waals surface area contributed by atoms with Crippen LogP contribution in [-0.4, -0.2) is 53.7 Å². The zero-order valence-electron chi connectivity index (χ0n) is 9.88. The number of rotatable bonds is 8. The Morgan fingerprint density at radius 3 is 2.07 bits per heavy atom. The van der Waals surface area contributed by atoms with Gasteiger partial charge in [-0.2, -0.15) is 0 Å². The predicted molar refractivity (Wildman–Crippen MR) is 63.3 cm³/mol. The average Bonchev–Trinajstić information content (AvgIpc) is 2.24. The van der Waals surface area contributed by atoms with Crippen molar-refractivity contribution in [2.45, 2.75) is 19.3 Å². The smallest absolute Gasteiger partial charge is 0.160 e. The summed E-state index contributed by atoms with van der Waals surface area (Å²) in [4.78, 5) is 2.31. The van der Waals surface area contributed by atoms with Gasteiger partial charge in [0.1, 0.15) is 9.52 Å². The number of methoxy groups -OCH3 is 2. The van der Waals surface area contributed by atoms with Crippen LogP contribution in [0.25, 0.3) is 0 Å². The number of hydrogen-bond acceptors (Lipinski definition) is 3. The lowest BCUT2D eigenvalue weighted by molar-refractivity contribution is -0.155. The summed E-state index contributed by atoms with van der Waals surface area (Å²) in [5.41, 5.74) is 1.57. The Hall–Kier alpha value is -0.163. The number of ether oxygens (including phenoxy) is 2. The van der Waals surface area contributed by atoms with Gasteiger partial charge in [0.15, 0.2) is 5.41 Å². The molecule has 0 heterocycles. The Balaban J connectivity index is 4.38. The fraction of sp³-hybridized carbons (Fsp3) is 0.800. The van der Waals surface area contributed by atoms with E-state index in [9.17, 15) is 0 Å². The minimum absolute atomic E-state index is 0.395. The summed E-state index contributed by atoms with van der Waals surface area (Å²) in [6.07, 6.45) is 0. The zero-order valence-corrected chi connectivity index (χ0v) is 11.3. The molecule has 0 aliphatic carbocycles. The molecule has 0 N–H and O–H groups in total. The normalized spacial score (nSPS) is 12.9. The van der Waals surface area contributed by atoms with Gasteiger partial charge in [-0.15, -0.1) is 12.3 Å². The van der Waals surface area contributed by atoms with Crippen LogP contribution in [-0.2, 0) is 9.47 Å². The van der Waals surface area contributed by atoms with Gasteiger partial charge in [0, 0.05) is 20.8 Å². The van der Waals surface area contributed by atoms with E-state index in [-0.39, 0.29) is 0 Å². The zero-order chi connectivity index (χ0) is 11.0. The highest BCUT2D eigenvalue weighted by Gasteiger charge is 2.29. The van der Waals surface area contributed by atoms with Crippen LogP contribution in [0.15, 0.2) is 12.3 Å². The predicted octanol–water partition coefficient (Wildman–Crippen LogP) is 0.587. The highest BCUT2D eigenvalue weighted by molar-refractivity contribution is 6.45. The first kappa shape index (κ1) is 13.8. The van der Waals surface area contributed by atoms with Crippen molar-refractivity contribution in [1.82, 2.24) is 4.90 Å². The summed E-state index contributed by atoms with van der Waals surface area (Å²) in [6.45, 7) is 11.0. The van der Waals surface area contributed by atoms with E-state index < -0.39 is 14.9 Å². The van der Waals surface area contributed by atoms with E-state index in [0.717, 1.165) is 19.6 Å². The average molecular weight is 217 g/mol. The quantitative estimate of drug-likeness (QED) is 0.439. The maximum atomic E-state index is 5.49. The summed E-state index contributed by atoms with van der Waals surface area (Å²) in [6, 6.07) is 0. The van der Waals surface area contributed by atoms with Crippen molar-refractivity contribution < 1.29 is 9.47 Å². The molecule has 0 aliphatic heterocycles. The molecule has 4 heteroatoms. The van der Waals surface area contributed by atoms with Crippen molar-refractivity contribution in [3.05, 3.63) is 12.3 Å². The number of nitrogens with zero attached hydrogens (tertiary/aromatic N) is 1. The van der Waals surface area contributed by atoms with E-state index in [4.69, 9.17) is 9.47 Å². The minimum Gasteiger partial charge on any atom is -0.356 e. The van der Waals surface area contributed by atoms with Crippen LogP contribution in [0.3, 0.4) is 0 Å². The van der Waals surface area contributed by atoms with Crippen LogP contribution in [0.1, 0.15) is 13.8 Å². The van der Waals surface area contributed by atoms with Gasteiger partial charge in [0.05, 0.1) is 0 Å². The van der Waals surface area contributed by atoms with Gasteiger partial charge < -0.3 is 9.47 Å². The molecule has 84 valence electrons. The monoisotopic (exact) mass is 217 g/mol. The summed E-state index contributed by atoms with van der Waals surface area (Å²) < 4.78 is 11.0. The summed E-state index contributed by atoms with van der Waals surface area (Å²) in [7, 11) is 2.87. The van der Waals surface area contributed by atoms with Gasteiger partial charge in [-0.3, -0.25) is 4.90 Å². The van der Waals surface area contributed by atoms with Crippen molar-refractivity contribution in [2.75, 3.05) is 33.9 Å². The lowest BCUT2D eigenvalue weighted by atomic mass is 10.4. The van der Waals surface area contributed by atoms with Gasteiger partial charge >= 0.3 is 0 Å². The molecular weight excluding hydrogens is 194 g/mol. The van der Waals surface area contributed by atoms with Gasteiger partial charge in [-0.1, -0.05) is 13.8 Å². The van der Waals surface area contributed by atoms with Crippen LogP contribution in [0.5, 0.6) is 0 Å². The Morgan fingerprint density at radius 2 is 1.79 bits per heavy atom. The van der Waals surface area contributed by atoms with Crippen LogP contribution in [0.4, 0.5) is 0 Å². The highest BCUT2D eigenvalue weighted by atomic mass is 28.2. The standard InChI is InChI=1S/C10H23NO2Si/c1-6-11(7-2)9-10(12-4,13-5)14-8-3/h8H,3,6-7,9,14H2,1-2,4-5H3. The van der Waals surface area contributed by atoms with Gasteiger partial charge in [-0.05, 0) is 13.1 Å². The first-order valence-corrected chi connectivity index (χ1v) is 6.63. The first-order chi connectivity index (χ1) is 6.67. The fourth-order valence-corrected chi connectivity index (χ4v) is 2.67. The highest BCUT2D eigenvalue weighted by Crippen LogP contribution is 2.12. The van der Waals surface area contributed by atoms with E-state index in [1.54, 1.807) is 14.2 Å². The molecule has 0 aromatic heterocycles. The second-order valence-corrected chi connectivity index (χ2v) is 5.34. The van der Waals surface area contributed by atoms with E-state index >= 15 is 0 Å². The third kappa shape index (κ3) is 3.92. The molecule has 0 saturated carbocycles. The second-order valence-electron chi connectivity index (χ2n) is 3.27. The van der Waals surface area contributed by atoms with E-state index in [2.05, 4.69) is 25.3 Å². The molecule has 0 saturated heterocycles. The summed E-state index contributed by atoms with van der Waals surface area (Å²) in [5.74, 6) is 0. The van der Waals surface area contributed by atoms with Gasteiger partial charge in [0.2, 0.25) is 0 Å². The van der Waals surface area contributed by atoms with E-state index in [1.807, 2.05) is 5.70 Å². The number of likely N-dealkylation sites (N-methyl/N-ethyl adjacent to an activating group) is 1. The SMILES string of the molecule is C=C[SiH2]C(CN(CC)CC)(OC)OC. The molecule has 0 unspecified atom stereocenters. The molecule has 0 aromatic rings. The van der Waals surface area contributed by atoms with Gasteiger partial charge in [-0.25, -0.2) is 0 Å². The molecule has 0 radical (unpaired) electrons. The van der Waals surface area contributed by atoms with E-state index in [1.165, 1.54) is 0 Å². The largest absolute Gasteiger partial charge is 0.356 e. The summed E-state index contributed by atoms with van der Waals surface area (Å²) >= 11 is 0. The Kier molecular flexibility index (Phi) is 7.09. The van der Waals surface area contributed by atoms with E-state index in [0.29, 0.717) is 0 Å². The minimum atomic E-state index is -0.555. The molecule has 0 aromatic carbocycles. The second kappa shape index (κ2) is 7.17. The molecule has 0 fully saturated rings. The maximum Gasteiger partial charge on any atom is 0.160 e. The molecule has 0 rings (SSSR count). The van der Waals surface area contributed by atoms with Crippen LogP contribution >= 0.6 is 0 Å². The molecular formula is C10H23NO2Si. The molecule has 0 atom stereocenters. The fourth-order valence-electron chi connectivity index (χ4n) is 1.45. The lowest BCUT2D eigenvalue weighted by Gasteiger charge is -2.34. The Bertz CT molecular complexity index is 156. The molecule has 3 nitrogen and oxygen atoms in total. The summed E-state index contributed by atoms with van der Waals surface area (Å²) in [5, 5.41) is 0. The first-order valence-electron chi connectivity index (χ1n) is 5.11. The Morgan fingerprint density at radius 1 is 1.29 bits per heavy atom. The van der Waals surface area contributed by atoms with Gasteiger partial charge in [0.25, 0.3) is 0 Å². The molecule has 14 heavy (non-hydrogen) atoms. The topological polar surface area (TPSA) is 21.7 Å². The van der Waals surface area contributed by atoms with Crippen LogP contribution in [0.2, 0.25) is 0 Å². The third-order valence-electron chi connectivity index (χ3n) is 2.56. The van der Waals surface area contributed by atoms with Crippen molar-refractivity contribution in [3.63, 3.8) is 0 Å². The van der Waals surface area contributed by atoms with Crippen molar-refractivity contribution in [2.24, 2.45) is 0 Å². The van der Waals surface area contributed by atoms with Crippen molar-refractivity contribution in [1.29, 1.82) is 0 Å². The van der Waals surface area contributed by atoms with Crippen molar-refractivity contribution >= 4 is 9.52 Å². The third-order valence-corrected chi connectivity index (χ3v) is 4.27. The Labute approximate surface area is 89.9 Å². The molecule has 0 spiro atoms. The van der Waals surface area contributed by atoms with Crippen LogP contribution < -0.4 is 0 Å². The molecule has 0 amide bonds.